The number of nitrogens with one attached hydrogen (secondary N) is 1. The fourth-order valence-electron chi connectivity index (χ4n) is 1.87. The second-order valence-electron chi connectivity index (χ2n) is 5.77. The van der Waals surface area contributed by atoms with Crippen molar-refractivity contribution in [3.05, 3.63) is 40.7 Å². The Morgan fingerprint density at radius 1 is 1.16 bits per heavy atom. The number of aromatic nitrogens is 1. The van der Waals surface area contributed by atoms with E-state index < -0.39 is 0 Å². The molecule has 2 nitrogen and oxygen atoms in total. The number of nitrogens with zero attached hydrogens (tertiary/aromatic N) is 1. The Morgan fingerprint density at radius 2 is 1.89 bits per heavy atom. The Labute approximate surface area is 119 Å². The highest BCUT2D eigenvalue weighted by Gasteiger charge is 2.08. The van der Waals surface area contributed by atoms with Gasteiger partial charge in [0.05, 0.1) is 10.7 Å². The third kappa shape index (κ3) is 4.77. The second-order valence-corrected chi connectivity index (χ2v) is 6.72. The maximum atomic E-state index is 4.71. The molecule has 0 bridgehead atoms. The summed E-state index contributed by atoms with van der Waals surface area (Å²) in [7, 11) is 0. The van der Waals surface area contributed by atoms with Crippen LogP contribution >= 0.6 is 11.3 Å². The second kappa shape index (κ2) is 6.31. The van der Waals surface area contributed by atoms with Crippen LogP contribution in [0.15, 0.2) is 35.7 Å². The summed E-state index contributed by atoms with van der Waals surface area (Å²) in [5.41, 5.74) is 2.51. The van der Waals surface area contributed by atoms with Crippen LogP contribution in [0.5, 0.6) is 0 Å². The van der Waals surface area contributed by atoms with Crippen LogP contribution in [-0.4, -0.2) is 17.1 Å². The van der Waals surface area contributed by atoms with Gasteiger partial charge in [-0.2, -0.15) is 0 Å². The molecule has 0 spiro atoms. The molecule has 0 radical (unpaired) electrons. The predicted molar refractivity (Wildman–Crippen MR) is 83.6 cm³/mol. The van der Waals surface area contributed by atoms with Gasteiger partial charge in [-0.3, -0.25) is 0 Å². The summed E-state index contributed by atoms with van der Waals surface area (Å²) < 4.78 is 0. The molecule has 102 valence electrons. The molecule has 0 saturated carbocycles. The SMILES string of the molecule is CC(C)(C)NCCCc1nc(-c2ccccc2)cs1. The Morgan fingerprint density at radius 3 is 2.58 bits per heavy atom. The van der Waals surface area contributed by atoms with E-state index in [1.165, 1.54) is 10.6 Å². The fraction of sp³-hybridized carbons (Fsp3) is 0.438. The molecule has 3 heteroatoms. The van der Waals surface area contributed by atoms with Crippen molar-refractivity contribution in [2.75, 3.05) is 6.54 Å². The molecule has 0 unspecified atom stereocenters. The molecule has 2 aromatic rings. The lowest BCUT2D eigenvalue weighted by Crippen LogP contribution is -2.36. The van der Waals surface area contributed by atoms with Gasteiger partial charge in [0.2, 0.25) is 0 Å². The van der Waals surface area contributed by atoms with E-state index in [0.29, 0.717) is 0 Å². The van der Waals surface area contributed by atoms with Crippen LogP contribution in [-0.2, 0) is 6.42 Å². The van der Waals surface area contributed by atoms with Gasteiger partial charge in [-0.05, 0) is 33.7 Å². The van der Waals surface area contributed by atoms with Crippen LogP contribution in [0.2, 0.25) is 0 Å². The minimum Gasteiger partial charge on any atom is -0.312 e. The lowest BCUT2D eigenvalue weighted by Gasteiger charge is -2.20. The van der Waals surface area contributed by atoms with Gasteiger partial charge in [-0.25, -0.2) is 4.98 Å². The number of hydrogen-bond donors (Lipinski definition) is 1. The lowest BCUT2D eigenvalue weighted by molar-refractivity contribution is 0.422. The first-order valence-electron chi connectivity index (χ1n) is 6.79. The molecule has 0 aliphatic heterocycles. The number of thiazole rings is 1. The molecule has 2 rings (SSSR count). The Kier molecular flexibility index (Phi) is 4.72. The molecule has 1 heterocycles. The monoisotopic (exact) mass is 274 g/mol. The van der Waals surface area contributed by atoms with Crippen molar-refractivity contribution in [3.8, 4) is 11.3 Å². The van der Waals surface area contributed by atoms with E-state index in [9.17, 15) is 0 Å². The summed E-state index contributed by atoms with van der Waals surface area (Å²) in [4.78, 5) is 4.71. The van der Waals surface area contributed by atoms with Gasteiger partial charge in [0.15, 0.2) is 0 Å². The molecular formula is C16H22N2S. The number of aryl methyl sites for hydroxylation is 1. The molecule has 19 heavy (non-hydrogen) atoms. The van der Waals surface area contributed by atoms with Gasteiger partial charge in [0.25, 0.3) is 0 Å². The molecule has 0 saturated heterocycles. The summed E-state index contributed by atoms with van der Waals surface area (Å²) >= 11 is 1.76. The van der Waals surface area contributed by atoms with Crippen molar-refractivity contribution in [1.82, 2.24) is 10.3 Å². The van der Waals surface area contributed by atoms with Crippen molar-refractivity contribution in [1.29, 1.82) is 0 Å². The highest BCUT2D eigenvalue weighted by molar-refractivity contribution is 7.09. The number of benzene rings is 1. The van der Waals surface area contributed by atoms with E-state index in [4.69, 9.17) is 4.98 Å². The van der Waals surface area contributed by atoms with Gasteiger partial charge in [0, 0.05) is 22.9 Å². The minimum atomic E-state index is 0.206. The Bertz CT molecular complexity index is 497. The van der Waals surface area contributed by atoms with Gasteiger partial charge < -0.3 is 5.32 Å². The van der Waals surface area contributed by atoms with Crippen LogP contribution in [0, 0.1) is 0 Å². The largest absolute Gasteiger partial charge is 0.312 e. The molecule has 1 aromatic carbocycles. The van der Waals surface area contributed by atoms with Gasteiger partial charge in [-0.15, -0.1) is 11.3 Å². The van der Waals surface area contributed by atoms with E-state index in [1.54, 1.807) is 11.3 Å². The first-order valence-corrected chi connectivity index (χ1v) is 7.67. The van der Waals surface area contributed by atoms with Crippen molar-refractivity contribution >= 4 is 11.3 Å². The highest BCUT2D eigenvalue weighted by atomic mass is 32.1. The van der Waals surface area contributed by atoms with Crippen molar-refractivity contribution in [3.63, 3.8) is 0 Å². The average molecular weight is 274 g/mol. The molecule has 1 N–H and O–H groups in total. The molecule has 0 fully saturated rings. The van der Waals surface area contributed by atoms with Crippen molar-refractivity contribution in [2.45, 2.75) is 39.2 Å². The van der Waals surface area contributed by atoms with E-state index in [1.807, 2.05) is 6.07 Å². The van der Waals surface area contributed by atoms with E-state index in [0.717, 1.165) is 25.1 Å². The number of hydrogen-bond acceptors (Lipinski definition) is 3. The average Bonchev–Trinajstić information content (AvgIpc) is 2.83. The van der Waals surface area contributed by atoms with E-state index in [-0.39, 0.29) is 5.54 Å². The lowest BCUT2D eigenvalue weighted by atomic mass is 10.1. The summed E-state index contributed by atoms with van der Waals surface area (Å²) in [6.07, 6.45) is 2.19. The minimum absolute atomic E-state index is 0.206. The van der Waals surface area contributed by atoms with Gasteiger partial charge in [-0.1, -0.05) is 30.3 Å². The Hall–Kier alpha value is -1.19. The normalized spacial score (nSPS) is 11.7. The summed E-state index contributed by atoms with van der Waals surface area (Å²) in [5, 5.41) is 6.89. The summed E-state index contributed by atoms with van der Waals surface area (Å²) in [6, 6.07) is 10.4. The maximum absolute atomic E-state index is 4.71. The molecule has 0 atom stereocenters. The molecule has 0 amide bonds. The quantitative estimate of drug-likeness (QED) is 0.829. The fourth-order valence-corrected chi connectivity index (χ4v) is 2.72. The number of rotatable bonds is 5. The van der Waals surface area contributed by atoms with Crippen molar-refractivity contribution < 1.29 is 0 Å². The van der Waals surface area contributed by atoms with Gasteiger partial charge >= 0.3 is 0 Å². The molecule has 0 aliphatic carbocycles. The summed E-state index contributed by atoms with van der Waals surface area (Å²) in [6.45, 7) is 7.64. The van der Waals surface area contributed by atoms with Crippen molar-refractivity contribution in [2.24, 2.45) is 0 Å². The zero-order valence-corrected chi connectivity index (χ0v) is 12.8. The standard InChI is InChI=1S/C16H22N2S/c1-16(2,3)17-11-7-10-15-18-14(12-19-15)13-8-5-4-6-9-13/h4-6,8-9,12,17H,7,10-11H2,1-3H3. The van der Waals surface area contributed by atoms with E-state index in [2.05, 4.69) is 55.7 Å². The van der Waals surface area contributed by atoms with Crippen LogP contribution in [0.3, 0.4) is 0 Å². The van der Waals surface area contributed by atoms with Crippen LogP contribution in [0.4, 0.5) is 0 Å². The topological polar surface area (TPSA) is 24.9 Å². The summed E-state index contributed by atoms with van der Waals surface area (Å²) in [5.74, 6) is 0. The first kappa shape index (κ1) is 14.2. The first-order chi connectivity index (χ1) is 9.04. The third-order valence-electron chi connectivity index (χ3n) is 2.84. The third-order valence-corrected chi connectivity index (χ3v) is 3.75. The zero-order valence-electron chi connectivity index (χ0n) is 11.9. The van der Waals surface area contributed by atoms with Crippen LogP contribution in [0.25, 0.3) is 11.3 Å². The Balaban J connectivity index is 1.85. The molecular weight excluding hydrogens is 252 g/mol. The zero-order chi connectivity index (χ0) is 13.7. The smallest absolute Gasteiger partial charge is 0.0933 e. The van der Waals surface area contributed by atoms with Gasteiger partial charge in [0.1, 0.15) is 0 Å². The van der Waals surface area contributed by atoms with E-state index >= 15 is 0 Å². The highest BCUT2D eigenvalue weighted by Crippen LogP contribution is 2.22. The predicted octanol–water partition coefficient (Wildman–Crippen LogP) is 4.13. The molecule has 0 aliphatic rings. The van der Waals surface area contributed by atoms with Crippen LogP contribution in [0.1, 0.15) is 32.2 Å². The molecule has 1 aromatic heterocycles. The van der Waals surface area contributed by atoms with Crippen LogP contribution < -0.4 is 5.32 Å². The maximum Gasteiger partial charge on any atom is 0.0933 e.